The number of carbonyl (C=O) groups is 1. The molecule has 0 aliphatic carbocycles. The molecule has 8 nitrogen and oxygen atoms in total. The van der Waals surface area contributed by atoms with Gasteiger partial charge in [0.25, 0.3) is 5.91 Å². The molecular formula is C30H30N6O2. The van der Waals surface area contributed by atoms with E-state index >= 15 is 0 Å². The molecule has 1 aliphatic heterocycles. The summed E-state index contributed by atoms with van der Waals surface area (Å²) in [4.78, 5) is 21.7. The molecule has 0 saturated carbocycles. The third-order valence-electron chi connectivity index (χ3n) is 6.51. The highest BCUT2D eigenvalue weighted by Crippen LogP contribution is 2.40. The summed E-state index contributed by atoms with van der Waals surface area (Å²) in [5, 5.41) is 13.4. The van der Waals surface area contributed by atoms with Crippen molar-refractivity contribution < 1.29 is 9.53 Å². The normalized spacial score (nSPS) is 15.5. The van der Waals surface area contributed by atoms with Crippen LogP contribution >= 0.6 is 0 Å². The predicted octanol–water partition coefficient (Wildman–Crippen LogP) is 5.40. The molecule has 2 aromatic carbocycles. The van der Waals surface area contributed by atoms with E-state index in [1.165, 1.54) is 6.33 Å². The van der Waals surface area contributed by atoms with E-state index in [-0.39, 0.29) is 22.9 Å². The Kier molecular flexibility index (Phi) is 6.60. The number of amides is 1. The number of aromatic nitrogens is 3. The fraction of sp³-hybridized carbons (Fsp3) is 0.267. The second kappa shape index (κ2) is 10.0. The monoisotopic (exact) mass is 506 g/mol. The van der Waals surface area contributed by atoms with Crippen LogP contribution in [0.15, 0.2) is 72.6 Å². The van der Waals surface area contributed by atoms with Crippen LogP contribution < -0.4 is 15.8 Å². The van der Waals surface area contributed by atoms with Crippen LogP contribution in [0.3, 0.4) is 0 Å². The summed E-state index contributed by atoms with van der Waals surface area (Å²) in [6, 6.07) is 19.5. The van der Waals surface area contributed by atoms with Gasteiger partial charge in [-0.15, -0.1) is 0 Å². The number of benzene rings is 2. The first-order chi connectivity index (χ1) is 18.2. The summed E-state index contributed by atoms with van der Waals surface area (Å²) in [5.74, 6) is 1.57. The number of hydrogen-bond donors (Lipinski definition) is 2. The van der Waals surface area contributed by atoms with E-state index in [0.29, 0.717) is 18.8 Å². The number of carbonyl (C=O) groups excluding carboxylic acids is 1. The van der Waals surface area contributed by atoms with Crippen molar-refractivity contribution in [2.75, 3.05) is 5.73 Å². The van der Waals surface area contributed by atoms with E-state index in [9.17, 15) is 10.1 Å². The molecule has 1 aliphatic rings. The highest BCUT2D eigenvalue weighted by atomic mass is 16.5. The standard InChI is InChI=1S/C30H30N6O2/c1-30(2,3)15-20(16-31)29(37)35-21-11-14-24-25(26-27(32)33-18-34-28(26)36(24)17-21)19-9-12-23(13-10-19)38-22-7-5-4-6-8-22/h4-10,12-13,15,18,21H,11,14,17H2,1-3H3,(H,35,37)(H2,32,33,34). The Hall–Kier alpha value is -4.64. The number of ether oxygens (including phenoxy) is 1. The molecule has 3 N–H and O–H groups in total. The number of nitrogens with two attached hydrogens (primary N) is 1. The molecule has 5 rings (SSSR count). The van der Waals surface area contributed by atoms with Crippen molar-refractivity contribution in [1.29, 1.82) is 5.26 Å². The number of allylic oxidation sites excluding steroid dienone is 1. The zero-order valence-electron chi connectivity index (χ0n) is 21.7. The maximum atomic E-state index is 12.9. The fourth-order valence-electron chi connectivity index (χ4n) is 4.91. The fourth-order valence-corrected chi connectivity index (χ4v) is 4.91. The number of nitrogen functional groups attached to an aromatic ring is 1. The summed E-state index contributed by atoms with van der Waals surface area (Å²) in [7, 11) is 0. The van der Waals surface area contributed by atoms with Gasteiger partial charge in [0.2, 0.25) is 0 Å². The van der Waals surface area contributed by atoms with Crippen molar-refractivity contribution in [2.24, 2.45) is 5.41 Å². The van der Waals surface area contributed by atoms with Gasteiger partial charge in [-0.25, -0.2) is 9.97 Å². The van der Waals surface area contributed by atoms with Crippen LogP contribution in [0.5, 0.6) is 11.5 Å². The SMILES string of the molecule is CC(C)(C)C=C(C#N)C(=O)NC1CCc2c(-c3ccc(Oc4ccccc4)cc3)c3c(N)ncnc3n2C1. The lowest BCUT2D eigenvalue weighted by Crippen LogP contribution is -2.41. The summed E-state index contributed by atoms with van der Waals surface area (Å²) >= 11 is 0. The van der Waals surface area contributed by atoms with Gasteiger partial charge in [0.15, 0.2) is 0 Å². The Labute approximate surface area is 221 Å². The van der Waals surface area contributed by atoms with E-state index in [2.05, 4.69) is 19.9 Å². The van der Waals surface area contributed by atoms with Crippen molar-refractivity contribution in [3.05, 3.63) is 78.3 Å². The minimum absolute atomic E-state index is 0.130. The largest absolute Gasteiger partial charge is 0.457 e. The summed E-state index contributed by atoms with van der Waals surface area (Å²) in [6.45, 7) is 6.41. The lowest BCUT2D eigenvalue weighted by molar-refractivity contribution is -0.118. The zero-order valence-corrected chi connectivity index (χ0v) is 21.7. The molecule has 0 radical (unpaired) electrons. The molecule has 1 unspecified atom stereocenters. The molecule has 2 aromatic heterocycles. The van der Waals surface area contributed by atoms with Gasteiger partial charge in [0, 0.05) is 23.8 Å². The van der Waals surface area contributed by atoms with E-state index < -0.39 is 0 Å². The maximum absolute atomic E-state index is 12.9. The second-order valence-electron chi connectivity index (χ2n) is 10.6. The number of fused-ring (bicyclic) bond motifs is 3. The summed E-state index contributed by atoms with van der Waals surface area (Å²) in [5.41, 5.74) is 10.0. The van der Waals surface area contributed by atoms with E-state index in [1.807, 2.05) is 81.4 Å². The lowest BCUT2D eigenvalue weighted by Gasteiger charge is -2.27. The molecule has 1 atom stereocenters. The first-order valence-corrected chi connectivity index (χ1v) is 12.6. The summed E-state index contributed by atoms with van der Waals surface area (Å²) in [6.07, 6.45) is 4.61. The first kappa shape index (κ1) is 25.0. The Morgan fingerprint density at radius 2 is 1.84 bits per heavy atom. The molecule has 1 amide bonds. The Bertz CT molecular complexity index is 1560. The van der Waals surface area contributed by atoms with Crippen LogP contribution in [0.25, 0.3) is 22.2 Å². The van der Waals surface area contributed by atoms with E-state index in [4.69, 9.17) is 10.5 Å². The highest BCUT2D eigenvalue weighted by molar-refractivity contribution is 6.02. The molecule has 0 bridgehead atoms. The van der Waals surface area contributed by atoms with Crippen LogP contribution in [0.4, 0.5) is 5.82 Å². The van der Waals surface area contributed by atoms with Gasteiger partial charge in [0.1, 0.15) is 40.9 Å². The minimum atomic E-state index is -0.351. The van der Waals surface area contributed by atoms with Gasteiger partial charge in [-0.3, -0.25) is 4.79 Å². The average molecular weight is 507 g/mol. The lowest BCUT2D eigenvalue weighted by atomic mass is 9.93. The van der Waals surface area contributed by atoms with Crippen molar-refractivity contribution in [2.45, 2.75) is 46.2 Å². The number of rotatable bonds is 5. The maximum Gasteiger partial charge on any atom is 0.261 e. The summed E-state index contributed by atoms with van der Waals surface area (Å²) < 4.78 is 8.08. The van der Waals surface area contributed by atoms with Gasteiger partial charge < -0.3 is 20.4 Å². The van der Waals surface area contributed by atoms with E-state index in [0.717, 1.165) is 45.8 Å². The third-order valence-corrected chi connectivity index (χ3v) is 6.51. The van der Waals surface area contributed by atoms with Crippen LogP contribution in [-0.4, -0.2) is 26.5 Å². The molecule has 0 fully saturated rings. The van der Waals surface area contributed by atoms with Gasteiger partial charge in [-0.2, -0.15) is 5.26 Å². The van der Waals surface area contributed by atoms with Gasteiger partial charge in [-0.1, -0.05) is 57.2 Å². The van der Waals surface area contributed by atoms with Gasteiger partial charge in [-0.05, 0) is 48.1 Å². The molecule has 0 saturated heterocycles. The minimum Gasteiger partial charge on any atom is -0.457 e. The molecular weight excluding hydrogens is 476 g/mol. The molecule has 3 heterocycles. The van der Waals surface area contributed by atoms with Crippen LogP contribution in [0.1, 0.15) is 32.9 Å². The zero-order chi connectivity index (χ0) is 26.9. The van der Waals surface area contributed by atoms with Crippen molar-refractivity contribution >= 4 is 22.8 Å². The number of para-hydroxylation sites is 1. The van der Waals surface area contributed by atoms with Crippen molar-refractivity contribution in [3.8, 4) is 28.7 Å². The molecule has 8 heteroatoms. The van der Waals surface area contributed by atoms with Gasteiger partial charge >= 0.3 is 0 Å². The highest BCUT2D eigenvalue weighted by Gasteiger charge is 2.29. The van der Waals surface area contributed by atoms with Crippen molar-refractivity contribution in [1.82, 2.24) is 19.9 Å². The number of nitrogens with one attached hydrogen (secondary N) is 1. The number of hydrogen-bond acceptors (Lipinski definition) is 6. The second-order valence-corrected chi connectivity index (χ2v) is 10.6. The molecule has 192 valence electrons. The van der Waals surface area contributed by atoms with E-state index in [1.54, 1.807) is 6.08 Å². The van der Waals surface area contributed by atoms with Crippen LogP contribution in [0.2, 0.25) is 0 Å². The Morgan fingerprint density at radius 3 is 2.53 bits per heavy atom. The van der Waals surface area contributed by atoms with Crippen molar-refractivity contribution in [3.63, 3.8) is 0 Å². The van der Waals surface area contributed by atoms with Gasteiger partial charge in [0.05, 0.1) is 5.39 Å². The average Bonchev–Trinajstić information content (AvgIpc) is 3.23. The smallest absolute Gasteiger partial charge is 0.261 e. The Morgan fingerprint density at radius 1 is 1.13 bits per heavy atom. The predicted molar refractivity (Wildman–Crippen MR) is 147 cm³/mol. The first-order valence-electron chi connectivity index (χ1n) is 12.6. The number of nitriles is 1. The molecule has 4 aromatic rings. The molecule has 0 spiro atoms. The van der Waals surface area contributed by atoms with Crippen LogP contribution in [-0.2, 0) is 17.8 Å². The quantitative estimate of drug-likeness (QED) is 0.276. The number of anilines is 1. The molecule has 38 heavy (non-hydrogen) atoms. The third kappa shape index (κ3) is 5.09. The Balaban J connectivity index is 1.46. The topological polar surface area (TPSA) is 119 Å². The van der Waals surface area contributed by atoms with Crippen LogP contribution in [0, 0.1) is 16.7 Å². The number of nitrogens with zero attached hydrogens (tertiary/aromatic N) is 4.